The maximum absolute atomic E-state index is 8.67. The quantitative estimate of drug-likeness (QED) is 0.804. The zero-order chi connectivity index (χ0) is 11.2. The van der Waals surface area contributed by atoms with Crippen LogP contribution in [0.15, 0.2) is 29.2 Å². The molecule has 16 heavy (non-hydrogen) atoms. The molecule has 2 aromatic heterocycles. The van der Waals surface area contributed by atoms with E-state index in [1.165, 1.54) is 6.39 Å². The predicted octanol–water partition coefficient (Wildman–Crippen LogP) is 0.626. The second-order valence-corrected chi connectivity index (χ2v) is 3.11. The van der Waals surface area contributed by atoms with Crippen molar-refractivity contribution in [1.82, 2.24) is 20.4 Å². The third-order valence-electron chi connectivity index (χ3n) is 1.96. The summed E-state index contributed by atoms with van der Waals surface area (Å²) in [5, 5.41) is 15.5. The van der Waals surface area contributed by atoms with Crippen molar-refractivity contribution in [1.29, 1.82) is 5.26 Å². The van der Waals surface area contributed by atoms with Gasteiger partial charge >= 0.3 is 0 Å². The van der Waals surface area contributed by atoms with Crippen molar-refractivity contribution < 1.29 is 4.52 Å². The van der Waals surface area contributed by atoms with Crippen LogP contribution in [0, 0.1) is 11.3 Å². The maximum Gasteiger partial charge on any atom is 0.213 e. The van der Waals surface area contributed by atoms with E-state index in [4.69, 9.17) is 5.26 Å². The standard InChI is InChI=1S/C10H9N5O/c11-4-9-3-8(1-2-13-9)5-12-6-10-14-7-16-15-10/h1-3,7,12H,5-6H2. The van der Waals surface area contributed by atoms with Crippen LogP contribution in [0.1, 0.15) is 17.1 Å². The highest BCUT2D eigenvalue weighted by Crippen LogP contribution is 2.00. The Hall–Kier alpha value is -2.26. The Morgan fingerprint density at radius 1 is 1.38 bits per heavy atom. The summed E-state index contributed by atoms with van der Waals surface area (Å²) in [7, 11) is 0. The molecule has 0 aliphatic heterocycles. The first-order valence-electron chi connectivity index (χ1n) is 4.69. The van der Waals surface area contributed by atoms with E-state index in [0.29, 0.717) is 24.6 Å². The van der Waals surface area contributed by atoms with E-state index in [9.17, 15) is 0 Å². The monoisotopic (exact) mass is 215 g/mol. The minimum Gasteiger partial charge on any atom is -0.343 e. The molecular weight excluding hydrogens is 206 g/mol. The summed E-state index contributed by atoms with van der Waals surface area (Å²) in [5.74, 6) is 0.606. The van der Waals surface area contributed by atoms with E-state index in [2.05, 4.69) is 25.0 Å². The van der Waals surface area contributed by atoms with Gasteiger partial charge < -0.3 is 9.84 Å². The Bertz CT molecular complexity index is 488. The molecule has 2 aromatic rings. The smallest absolute Gasteiger partial charge is 0.213 e. The zero-order valence-electron chi connectivity index (χ0n) is 8.42. The van der Waals surface area contributed by atoms with Gasteiger partial charge in [0.25, 0.3) is 0 Å². The fourth-order valence-electron chi connectivity index (χ4n) is 1.23. The molecule has 80 valence electrons. The average molecular weight is 215 g/mol. The van der Waals surface area contributed by atoms with Gasteiger partial charge in [0.1, 0.15) is 11.8 Å². The third kappa shape index (κ3) is 2.62. The molecular formula is C10H9N5O. The topological polar surface area (TPSA) is 87.6 Å². The van der Waals surface area contributed by atoms with Gasteiger partial charge in [0, 0.05) is 12.7 Å². The first kappa shape index (κ1) is 10.3. The summed E-state index contributed by atoms with van der Waals surface area (Å²) in [6.45, 7) is 1.16. The Morgan fingerprint density at radius 2 is 2.31 bits per heavy atom. The van der Waals surface area contributed by atoms with Crippen LogP contribution in [0.5, 0.6) is 0 Å². The normalized spacial score (nSPS) is 9.94. The van der Waals surface area contributed by atoms with Gasteiger partial charge in [-0.2, -0.15) is 10.2 Å². The molecule has 0 saturated carbocycles. The minimum atomic E-state index is 0.416. The van der Waals surface area contributed by atoms with E-state index in [0.717, 1.165) is 5.56 Å². The van der Waals surface area contributed by atoms with E-state index in [-0.39, 0.29) is 0 Å². The summed E-state index contributed by atoms with van der Waals surface area (Å²) in [6, 6.07) is 5.58. The lowest BCUT2D eigenvalue weighted by molar-refractivity contribution is 0.407. The summed E-state index contributed by atoms with van der Waals surface area (Å²) >= 11 is 0. The minimum absolute atomic E-state index is 0.416. The number of hydrogen-bond donors (Lipinski definition) is 1. The van der Waals surface area contributed by atoms with Gasteiger partial charge in [-0.15, -0.1) is 0 Å². The number of nitrogens with zero attached hydrogens (tertiary/aromatic N) is 4. The molecule has 0 fully saturated rings. The lowest BCUT2D eigenvalue weighted by atomic mass is 10.2. The van der Waals surface area contributed by atoms with Gasteiger partial charge in [-0.3, -0.25) is 0 Å². The van der Waals surface area contributed by atoms with Crippen molar-refractivity contribution in [3.63, 3.8) is 0 Å². The molecule has 0 atom stereocenters. The summed E-state index contributed by atoms with van der Waals surface area (Å²) in [4.78, 5) is 7.76. The number of pyridine rings is 1. The van der Waals surface area contributed by atoms with E-state index in [1.807, 2.05) is 12.1 Å². The van der Waals surface area contributed by atoms with Crippen LogP contribution in [0.2, 0.25) is 0 Å². The zero-order valence-corrected chi connectivity index (χ0v) is 8.42. The first-order chi connectivity index (χ1) is 7.88. The molecule has 2 heterocycles. The number of hydrogen-bond acceptors (Lipinski definition) is 6. The molecule has 0 spiro atoms. The predicted molar refractivity (Wildman–Crippen MR) is 53.8 cm³/mol. The molecule has 0 aliphatic carbocycles. The van der Waals surface area contributed by atoms with Crippen LogP contribution >= 0.6 is 0 Å². The molecule has 0 saturated heterocycles. The van der Waals surface area contributed by atoms with Crippen molar-refractivity contribution in [3.8, 4) is 6.07 Å². The van der Waals surface area contributed by atoms with E-state index < -0.39 is 0 Å². The van der Waals surface area contributed by atoms with Crippen molar-refractivity contribution in [2.45, 2.75) is 13.1 Å². The lowest BCUT2D eigenvalue weighted by Crippen LogP contribution is -2.13. The number of nitriles is 1. The molecule has 6 nitrogen and oxygen atoms in total. The van der Waals surface area contributed by atoms with Crippen molar-refractivity contribution in [2.24, 2.45) is 0 Å². The van der Waals surface area contributed by atoms with Gasteiger partial charge in [-0.25, -0.2) is 4.98 Å². The highest BCUT2D eigenvalue weighted by Gasteiger charge is 1.99. The Balaban J connectivity index is 1.88. The molecule has 0 aliphatic rings. The Labute approximate surface area is 91.9 Å². The lowest BCUT2D eigenvalue weighted by Gasteiger charge is -2.01. The maximum atomic E-state index is 8.67. The SMILES string of the molecule is N#Cc1cc(CNCc2ncon2)ccn1. The van der Waals surface area contributed by atoms with Gasteiger partial charge in [0.15, 0.2) is 5.82 Å². The second kappa shape index (κ2) is 5.00. The molecule has 2 rings (SSSR count). The van der Waals surface area contributed by atoms with Crippen LogP contribution in [-0.2, 0) is 13.1 Å². The van der Waals surface area contributed by atoms with E-state index >= 15 is 0 Å². The van der Waals surface area contributed by atoms with Crippen LogP contribution < -0.4 is 5.32 Å². The molecule has 0 amide bonds. The largest absolute Gasteiger partial charge is 0.343 e. The summed E-state index contributed by atoms with van der Waals surface area (Å²) in [6.07, 6.45) is 2.90. The molecule has 0 bridgehead atoms. The van der Waals surface area contributed by atoms with Gasteiger partial charge in [-0.1, -0.05) is 5.16 Å². The van der Waals surface area contributed by atoms with Crippen LogP contribution in [-0.4, -0.2) is 15.1 Å². The van der Waals surface area contributed by atoms with Crippen LogP contribution in [0.3, 0.4) is 0 Å². The van der Waals surface area contributed by atoms with Crippen molar-refractivity contribution in [3.05, 3.63) is 41.8 Å². The average Bonchev–Trinajstić information content (AvgIpc) is 2.82. The number of aromatic nitrogens is 3. The Kier molecular flexibility index (Phi) is 3.21. The first-order valence-corrected chi connectivity index (χ1v) is 4.69. The molecule has 6 heteroatoms. The fraction of sp³-hybridized carbons (Fsp3) is 0.200. The van der Waals surface area contributed by atoms with Gasteiger partial charge in [0.2, 0.25) is 6.39 Å². The summed E-state index contributed by atoms with van der Waals surface area (Å²) in [5.41, 5.74) is 1.41. The number of rotatable bonds is 4. The fourth-order valence-corrected chi connectivity index (χ4v) is 1.23. The third-order valence-corrected chi connectivity index (χ3v) is 1.96. The molecule has 1 N–H and O–H groups in total. The van der Waals surface area contributed by atoms with Crippen molar-refractivity contribution in [2.75, 3.05) is 0 Å². The molecule has 0 unspecified atom stereocenters. The van der Waals surface area contributed by atoms with Gasteiger partial charge in [-0.05, 0) is 17.7 Å². The number of nitrogens with one attached hydrogen (secondary N) is 1. The second-order valence-electron chi connectivity index (χ2n) is 3.11. The van der Waals surface area contributed by atoms with Crippen LogP contribution in [0.25, 0.3) is 0 Å². The molecule has 0 aromatic carbocycles. The highest BCUT2D eigenvalue weighted by atomic mass is 16.5. The van der Waals surface area contributed by atoms with E-state index in [1.54, 1.807) is 12.3 Å². The van der Waals surface area contributed by atoms with Crippen LogP contribution in [0.4, 0.5) is 0 Å². The highest BCUT2D eigenvalue weighted by molar-refractivity contribution is 5.25. The Morgan fingerprint density at radius 3 is 3.06 bits per heavy atom. The van der Waals surface area contributed by atoms with Gasteiger partial charge in [0.05, 0.1) is 6.54 Å². The molecule has 0 radical (unpaired) electrons. The summed E-state index contributed by atoms with van der Waals surface area (Å²) < 4.78 is 4.60. The van der Waals surface area contributed by atoms with Crippen molar-refractivity contribution >= 4 is 0 Å².